The zero-order chi connectivity index (χ0) is 18.0. The van der Waals surface area contributed by atoms with Gasteiger partial charge in [0, 0.05) is 43.3 Å². The van der Waals surface area contributed by atoms with Crippen LogP contribution in [0.3, 0.4) is 0 Å². The lowest BCUT2D eigenvalue weighted by atomic mass is 9.74. The summed E-state index contributed by atoms with van der Waals surface area (Å²) in [6, 6.07) is 6.73. The molecular weight excluding hydrogens is 324 g/mol. The van der Waals surface area contributed by atoms with Crippen molar-refractivity contribution in [2.75, 3.05) is 31.6 Å². The van der Waals surface area contributed by atoms with Crippen molar-refractivity contribution in [3.8, 4) is 0 Å². The molecule has 2 amide bonds. The lowest BCUT2D eigenvalue weighted by Gasteiger charge is -2.33. The van der Waals surface area contributed by atoms with Crippen molar-refractivity contribution in [2.45, 2.75) is 19.8 Å². The number of carboxylic acids is 1. The molecule has 3 rings (SSSR count). The van der Waals surface area contributed by atoms with Gasteiger partial charge in [-0.1, -0.05) is 13.0 Å². The quantitative estimate of drug-likeness (QED) is 0.863. The van der Waals surface area contributed by atoms with E-state index in [1.165, 1.54) is 0 Å². The first-order valence-corrected chi connectivity index (χ1v) is 8.46. The molecule has 134 valence electrons. The van der Waals surface area contributed by atoms with Gasteiger partial charge in [-0.2, -0.15) is 0 Å². The third-order valence-electron chi connectivity index (χ3n) is 5.13. The highest BCUT2D eigenvalue weighted by molar-refractivity contribution is 5.97. The molecule has 7 nitrogen and oxygen atoms in total. The fourth-order valence-corrected chi connectivity index (χ4v) is 3.62. The van der Waals surface area contributed by atoms with Crippen LogP contribution in [0.2, 0.25) is 0 Å². The van der Waals surface area contributed by atoms with E-state index in [0.29, 0.717) is 43.9 Å². The fourth-order valence-electron chi connectivity index (χ4n) is 3.62. The molecule has 1 aromatic carbocycles. The Balaban J connectivity index is 1.79. The summed E-state index contributed by atoms with van der Waals surface area (Å²) in [7, 11) is 0. The normalized spacial score (nSPS) is 25.3. The van der Waals surface area contributed by atoms with Gasteiger partial charge in [0.25, 0.3) is 5.91 Å². The summed E-state index contributed by atoms with van der Waals surface area (Å²) in [4.78, 5) is 37.8. The molecule has 0 bridgehead atoms. The minimum absolute atomic E-state index is 0.126. The first kappa shape index (κ1) is 17.4. The number of rotatable bonds is 4. The van der Waals surface area contributed by atoms with Crippen LogP contribution in [0.5, 0.6) is 0 Å². The maximum atomic E-state index is 12.8. The lowest BCUT2D eigenvalue weighted by Crippen LogP contribution is -2.45. The molecule has 2 aliphatic rings. The number of hydrogen-bond donors (Lipinski definition) is 2. The molecule has 2 aliphatic heterocycles. The summed E-state index contributed by atoms with van der Waals surface area (Å²) < 4.78 is 5.42. The molecule has 2 fully saturated rings. The van der Waals surface area contributed by atoms with Crippen LogP contribution in [0, 0.1) is 11.3 Å². The molecular formula is C18H22N2O5. The molecule has 2 heterocycles. The van der Waals surface area contributed by atoms with Gasteiger partial charge in [-0.05, 0) is 24.6 Å². The van der Waals surface area contributed by atoms with Crippen molar-refractivity contribution < 1.29 is 24.2 Å². The number of carbonyl (C=O) groups excluding carboxylic acids is 2. The number of benzene rings is 1. The largest absolute Gasteiger partial charge is 0.481 e. The highest BCUT2D eigenvalue weighted by atomic mass is 16.5. The van der Waals surface area contributed by atoms with Gasteiger partial charge in [0.1, 0.15) is 0 Å². The molecule has 0 aromatic heterocycles. The molecule has 0 saturated carbocycles. The number of aliphatic carboxylic acids is 1. The van der Waals surface area contributed by atoms with E-state index in [-0.39, 0.29) is 24.3 Å². The number of anilines is 1. The number of nitrogens with one attached hydrogen (secondary N) is 1. The van der Waals surface area contributed by atoms with Crippen molar-refractivity contribution >= 4 is 23.5 Å². The SMILES string of the molecule is CCC(=O)Nc1cccc(C(=O)N2C[C@H]3COCC[C@@]3(C(=O)O)C2)c1. The number of ether oxygens (including phenoxy) is 1. The highest BCUT2D eigenvalue weighted by Crippen LogP contribution is 2.42. The Labute approximate surface area is 146 Å². The smallest absolute Gasteiger partial charge is 0.311 e. The maximum absolute atomic E-state index is 12.8. The molecule has 25 heavy (non-hydrogen) atoms. The van der Waals surface area contributed by atoms with Crippen LogP contribution in [0.15, 0.2) is 24.3 Å². The molecule has 2 N–H and O–H groups in total. The first-order chi connectivity index (χ1) is 12.0. The zero-order valence-electron chi connectivity index (χ0n) is 14.2. The summed E-state index contributed by atoms with van der Waals surface area (Å²) in [6.07, 6.45) is 0.774. The molecule has 0 aliphatic carbocycles. The number of carboxylic acid groups (broad SMARTS) is 1. The Bertz CT molecular complexity index is 704. The number of carbonyl (C=O) groups is 3. The topological polar surface area (TPSA) is 95.9 Å². The van der Waals surface area contributed by atoms with E-state index >= 15 is 0 Å². The van der Waals surface area contributed by atoms with Crippen LogP contribution >= 0.6 is 0 Å². The molecule has 2 atom stereocenters. The van der Waals surface area contributed by atoms with Crippen LogP contribution < -0.4 is 5.32 Å². The van der Waals surface area contributed by atoms with Gasteiger partial charge in [0.15, 0.2) is 0 Å². The van der Waals surface area contributed by atoms with Crippen molar-refractivity contribution in [3.05, 3.63) is 29.8 Å². The lowest BCUT2D eigenvalue weighted by molar-refractivity contribution is -0.157. The van der Waals surface area contributed by atoms with Crippen LogP contribution in [0.1, 0.15) is 30.1 Å². The molecule has 0 spiro atoms. The predicted octanol–water partition coefficient (Wildman–Crippen LogP) is 1.60. The van der Waals surface area contributed by atoms with E-state index in [2.05, 4.69) is 5.32 Å². The van der Waals surface area contributed by atoms with Crippen LogP contribution in [0.4, 0.5) is 5.69 Å². The molecule has 7 heteroatoms. The minimum atomic E-state index is -0.915. The summed E-state index contributed by atoms with van der Waals surface area (Å²) in [5, 5.41) is 12.4. The molecule has 0 radical (unpaired) electrons. The first-order valence-electron chi connectivity index (χ1n) is 8.46. The van der Waals surface area contributed by atoms with Crippen molar-refractivity contribution in [3.63, 3.8) is 0 Å². The maximum Gasteiger partial charge on any atom is 0.311 e. The van der Waals surface area contributed by atoms with E-state index in [9.17, 15) is 19.5 Å². The number of likely N-dealkylation sites (tertiary alicyclic amines) is 1. The second-order valence-corrected chi connectivity index (χ2v) is 6.65. The third kappa shape index (κ3) is 3.24. The summed E-state index contributed by atoms with van der Waals surface area (Å²) >= 11 is 0. The van der Waals surface area contributed by atoms with Crippen LogP contribution in [-0.2, 0) is 14.3 Å². The Morgan fingerprint density at radius 1 is 1.40 bits per heavy atom. The van der Waals surface area contributed by atoms with E-state index < -0.39 is 11.4 Å². The summed E-state index contributed by atoms with van der Waals surface area (Å²) in [6.45, 7) is 3.09. The number of hydrogen-bond acceptors (Lipinski definition) is 4. The van der Waals surface area contributed by atoms with E-state index in [1.54, 1.807) is 36.1 Å². The van der Waals surface area contributed by atoms with Crippen LogP contribution in [-0.4, -0.2) is 54.1 Å². The number of amides is 2. The third-order valence-corrected chi connectivity index (χ3v) is 5.13. The van der Waals surface area contributed by atoms with Crippen LogP contribution in [0.25, 0.3) is 0 Å². The zero-order valence-corrected chi connectivity index (χ0v) is 14.2. The van der Waals surface area contributed by atoms with Crippen molar-refractivity contribution in [1.29, 1.82) is 0 Å². The number of fused-ring (bicyclic) bond motifs is 1. The second-order valence-electron chi connectivity index (χ2n) is 6.65. The summed E-state index contributed by atoms with van der Waals surface area (Å²) in [5.41, 5.74) is 0.0849. The van der Waals surface area contributed by atoms with Gasteiger partial charge < -0.3 is 20.1 Å². The Morgan fingerprint density at radius 3 is 2.88 bits per heavy atom. The summed E-state index contributed by atoms with van der Waals surface area (Å²) in [5.74, 6) is -1.40. The van der Waals surface area contributed by atoms with Crippen molar-refractivity contribution in [2.24, 2.45) is 11.3 Å². The van der Waals surface area contributed by atoms with Gasteiger partial charge in [-0.3, -0.25) is 14.4 Å². The molecule has 1 aromatic rings. The fraction of sp³-hybridized carbons (Fsp3) is 0.500. The standard InChI is InChI=1S/C18H22N2O5/c1-2-15(21)19-14-5-3-4-12(8-14)16(22)20-9-13-10-25-7-6-18(13,11-20)17(23)24/h3-5,8,13H,2,6-7,9-11H2,1H3,(H,19,21)(H,23,24)/t13-,18+/m0/s1. The average Bonchev–Trinajstić information content (AvgIpc) is 3.02. The average molecular weight is 346 g/mol. The van der Waals surface area contributed by atoms with Gasteiger partial charge in [-0.15, -0.1) is 0 Å². The van der Waals surface area contributed by atoms with Gasteiger partial charge >= 0.3 is 5.97 Å². The van der Waals surface area contributed by atoms with Crippen molar-refractivity contribution in [1.82, 2.24) is 4.90 Å². The second kappa shape index (κ2) is 6.84. The van der Waals surface area contributed by atoms with Gasteiger partial charge in [0.05, 0.1) is 12.0 Å². The Hall–Kier alpha value is -2.41. The Morgan fingerprint density at radius 2 is 2.20 bits per heavy atom. The van der Waals surface area contributed by atoms with E-state index in [4.69, 9.17) is 4.74 Å². The van der Waals surface area contributed by atoms with Gasteiger partial charge in [-0.25, -0.2) is 0 Å². The highest BCUT2D eigenvalue weighted by Gasteiger charge is 2.54. The Kier molecular flexibility index (Phi) is 4.76. The molecule has 2 saturated heterocycles. The predicted molar refractivity (Wildman–Crippen MR) is 90.3 cm³/mol. The number of nitrogens with zero attached hydrogens (tertiary/aromatic N) is 1. The monoisotopic (exact) mass is 346 g/mol. The van der Waals surface area contributed by atoms with Gasteiger partial charge in [0.2, 0.25) is 5.91 Å². The minimum Gasteiger partial charge on any atom is -0.481 e. The van der Waals surface area contributed by atoms with E-state index in [1.807, 2.05) is 0 Å². The molecule has 0 unspecified atom stereocenters. The van der Waals surface area contributed by atoms with E-state index in [0.717, 1.165) is 0 Å².